The van der Waals surface area contributed by atoms with Crippen molar-refractivity contribution in [1.29, 1.82) is 0 Å². The van der Waals surface area contributed by atoms with Gasteiger partial charge in [-0.1, -0.05) is 48.3 Å². The minimum absolute atomic E-state index is 0.0229. The van der Waals surface area contributed by atoms with E-state index in [9.17, 15) is 19.5 Å². The maximum Gasteiger partial charge on any atom is 0.350 e. The highest BCUT2D eigenvalue weighted by atomic mass is 32.1. The van der Waals surface area contributed by atoms with Gasteiger partial charge in [-0.05, 0) is 43.7 Å². The standard InChI is InChI=1S/C29H29N3O6S/c1-6-15-38-28(36)26-17(3)30-29(39-26)32-23(18-11-13-20(14-12-18)31(4)5)22(25(34)27(32)35)24(33)19-9-8-10-21(16-19)37-7-2/h6,8-14,16,23,33H,1,7,15H2,2-5H3. The first kappa shape index (κ1) is 27.6. The number of amides is 1. The maximum absolute atomic E-state index is 13.5. The van der Waals surface area contributed by atoms with Gasteiger partial charge in [0.25, 0.3) is 5.78 Å². The number of aryl methyl sites for hydroxylation is 1. The highest BCUT2D eigenvalue weighted by molar-refractivity contribution is 7.17. The van der Waals surface area contributed by atoms with Gasteiger partial charge in [-0.3, -0.25) is 14.5 Å². The maximum atomic E-state index is 13.5. The Hall–Kier alpha value is -4.44. The molecule has 0 bridgehead atoms. The first-order valence-electron chi connectivity index (χ1n) is 12.2. The largest absolute Gasteiger partial charge is 0.507 e. The Morgan fingerprint density at radius 1 is 1.21 bits per heavy atom. The number of anilines is 2. The number of nitrogens with zero attached hydrogens (tertiary/aromatic N) is 3. The number of Topliss-reactive ketones (excluding diaryl/α,β-unsaturated/α-hetero) is 1. The number of carbonyl (C=O) groups excluding carboxylic acids is 3. The Balaban J connectivity index is 1.88. The fraction of sp³-hybridized carbons (Fsp3) is 0.241. The summed E-state index contributed by atoms with van der Waals surface area (Å²) >= 11 is 0.947. The molecular formula is C29H29N3O6S. The number of ketones is 1. The monoisotopic (exact) mass is 547 g/mol. The van der Waals surface area contributed by atoms with Gasteiger partial charge in [0.05, 0.1) is 23.9 Å². The van der Waals surface area contributed by atoms with Gasteiger partial charge in [0.2, 0.25) is 0 Å². The van der Waals surface area contributed by atoms with Crippen LogP contribution in [0.1, 0.15) is 39.5 Å². The smallest absolute Gasteiger partial charge is 0.350 e. The third-order valence-electron chi connectivity index (χ3n) is 6.10. The summed E-state index contributed by atoms with van der Waals surface area (Å²) in [5.74, 6) is -2.15. The molecule has 1 unspecified atom stereocenters. The topological polar surface area (TPSA) is 109 Å². The number of thiazole rings is 1. The number of hydrogen-bond acceptors (Lipinski definition) is 9. The highest BCUT2D eigenvalue weighted by Gasteiger charge is 2.48. The van der Waals surface area contributed by atoms with Gasteiger partial charge in [0.1, 0.15) is 23.0 Å². The molecule has 1 atom stereocenters. The first-order chi connectivity index (χ1) is 18.7. The zero-order valence-corrected chi connectivity index (χ0v) is 22.9. The lowest BCUT2D eigenvalue weighted by atomic mass is 9.95. The van der Waals surface area contributed by atoms with Crippen molar-refractivity contribution in [3.8, 4) is 5.75 Å². The van der Waals surface area contributed by atoms with Crippen LogP contribution >= 0.6 is 11.3 Å². The van der Waals surface area contributed by atoms with E-state index in [0.29, 0.717) is 29.2 Å². The lowest BCUT2D eigenvalue weighted by Crippen LogP contribution is -2.29. The molecule has 0 radical (unpaired) electrons. The van der Waals surface area contributed by atoms with Gasteiger partial charge in [0.15, 0.2) is 5.13 Å². The molecule has 202 valence electrons. The number of ether oxygens (including phenoxy) is 2. The molecule has 2 aromatic carbocycles. The molecule has 0 aliphatic carbocycles. The molecule has 1 amide bonds. The zero-order valence-electron chi connectivity index (χ0n) is 22.1. The molecule has 1 aliphatic heterocycles. The van der Waals surface area contributed by atoms with E-state index in [1.54, 1.807) is 43.3 Å². The van der Waals surface area contributed by atoms with Gasteiger partial charge < -0.3 is 19.5 Å². The number of benzene rings is 2. The SMILES string of the molecule is C=CCOC(=O)c1sc(N2C(=O)C(=O)C(=C(O)c3cccc(OCC)c3)C2c2ccc(N(C)C)cc2)nc1C. The Morgan fingerprint density at radius 2 is 1.92 bits per heavy atom. The van der Waals surface area contributed by atoms with Crippen LogP contribution in [0.5, 0.6) is 5.75 Å². The molecule has 2 heterocycles. The summed E-state index contributed by atoms with van der Waals surface area (Å²) in [6.07, 6.45) is 1.45. The first-order valence-corrected chi connectivity index (χ1v) is 13.1. The number of carbonyl (C=O) groups is 3. The lowest BCUT2D eigenvalue weighted by molar-refractivity contribution is -0.132. The molecule has 1 N–H and O–H groups in total. The Bertz CT molecular complexity index is 1460. The van der Waals surface area contributed by atoms with E-state index in [4.69, 9.17) is 9.47 Å². The van der Waals surface area contributed by atoms with E-state index in [0.717, 1.165) is 17.0 Å². The van der Waals surface area contributed by atoms with Gasteiger partial charge in [-0.15, -0.1) is 0 Å². The van der Waals surface area contributed by atoms with Crippen LogP contribution < -0.4 is 14.5 Å². The second kappa shape index (κ2) is 11.5. The van der Waals surface area contributed by atoms with Crippen LogP contribution in [0.4, 0.5) is 10.8 Å². The van der Waals surface area contributed by atoms with Crippen LogP contribution in [0.15, 0.2) is 66.8 Å². The summed E-state index contributed by atoms with van der Waals surface area (Å²) in [7, 11) is 3.80. The molecule has 1 aromatic heterocycles. The molecule has 1 fully saturated rings. The van der Waals surface area contributed by atoms with Crippen LogP contribution in [0.3, 0.4) is 0 Å². The average Bonchev–Trinajstić information content (AvgIpc) is 3.43. The molecule has 0 saturated carbocycles. The predicted octanol–water partition coefficient (Wildman–Crippen LogP) is 4.89. The molecule has 4 rings (SSSR count). The predicted molar refractivity (Wildman–Crippen MR) is 150 cm³/mol. The van der Waals surface area contributed by atoms with Crippen molar-refractivity contribution in [3.05, 3.63) is 88.5 Å². The van der Waals surface area contributed by atoms with Gasteiger partial charge in [-0.2, -0.15) is 0 Å². The lowest BCUT2D eigenvalue weighted by Gasteiger charge is -2.23. The molecule has 1 saturated heterocycles. The van der Waals surface area contributed by atoms with Crippen LogP contribution in [-0.2, 0) is 14.3 Å². The molecule has 39 heavy (non-hydrogen) atoms. The molecule has 10 heteroatoms. The van der Waals surface area contributed by atoms with Crippen molar-refractivity contribution < 1.29 is 29.0 Å². The molecule has 1 aliphatic rings. The summed E-state index contributed by atoms with van der Waals surface area (Å²) in [4.78, 5) is 47.3. The van der Waals surface area contributed by atoms with Crippen molar-refractivity contribution in [3.63, 3.8) is 0 Å². The number of esters is 1. The third-order valence-corrected chi connectivity index (χ3v) is 7.23. The number of rotatable bonds is 9. The van der Waals surface area contributed by atoms with E-state index in [2.05, 4.69) is 11.6 Å². The molecule has 0 spiro atoms. The number of hydrogen-bond donors (Lipinski definition) is 1. The summed E-state index contributed by atoms with van der Waals surface area (Å²) in [6.45, 7) is 7.46. The van der Waals surface area contributed by atoms with E-state index in [-0.39, 0.29) is 27.9 Å². The van der Waals surface area contributed by atoms with Gasteiger partial charge >= 0.3 is 11.9 Å². The van der Waals surface area contributed by atoms with E-state index >= 15 is 0 Å². The molecule has 3 aromatic rings. The highest BCUT2D eigenvalue weighted by Crippen LogP contribution is 2.44. The van der Waals surface area contributed by atoms with Crippen molar-refractivity contribution >= 4 is 45.6 Å². The summed E-state index contributed by atoms with van der Waals surface area (Å²) in [5, 5.41) is 11.5. The van der Waals surface area contributed by atoms with Crippen molar-refractivity contribution in [2.45, 2.75) is 19.9 Å². The van der Waals surface area contributed by atoms with E-state index in [1.165, 1.54) is 11.0 Å². The normalized spacial score (nSPS) is 16.3. The van der Waals surface area contributed by atoms with Crippen LogP contribution in [0.25, 0.3) is 5.76 Å². The van der Waals surface area contributed by atoms with Crippen LogP contribution in [0.2, 0.25) is 0 Å². The summed E-state index contributed by atoms with van der Waals surface area (Å²) in [6, 6.07) is 13.0. The number of aliphatic hydroxyl groups excluding tert-OH is 1. The number of aromatic nitrogens is 1. The van der Waals surface area contributed by atoms with Crippen molar-refractivity contribution in [1.82, 2.24) is 4.98 Å². The second-order valence-corrected chi connectivity index (χ2v) is 9.89. The van der Waals surface area contributed by atoms with Crippen LogP contribution in [0, 0.1) is 6.92 Å². The Kier molecular flexibility index (Phi) is 8.15. The average molecular weight is 548 g/mol. The Morgan fingerprint density at radius 3 is 2.56 bits per heavy atom. The zero-order chi connectivity index (χ0) is 28.3. The number of aliphatic hydroxyl groups is 1. The molecule has 9 nitrogen and oxygen atoms in total. The van der Waals surface area contributed by atoms with Crippen molar-refractivity contribution in [2.24, 2.45) is 0 Å². The van der Waals surface area contributed by atoms with Crippen LogP contribution in [-0.4, -0.2) is 55.1 Å². The fourth-order valence-electron chi connectivity index (χ4n) is 4.23. The van der Waals surface area contributed by atoms with Gasteiger partial charge in [-0.25, -0.2) is 9.78 Å². The Labute approximate surface area is 230 Å². The second-order valence-electron chi connectivity index (χ2n) is 8.91. The van der Waals surface area contributed by atoms with E-state index < -0.39 is 23.7 Å². The fourth-order valence-corrected chi connectivity index (χ4v) is 5.22. The van der Waals surface area contributed by atoms with Gasteiger partial charge in [0, 0.05) is 25.3 Å². The van der Waals surface area contributed by atoms with Crippen molar-refractivity contribution in [2.75, 3.05) is 37.1 Å². The molecular weight excluding hydrogens is 518 g/mol. The summed E-state index contributed by atoms with van der Waals surface area (Å²) < 4.78 is 10.7. The van der Waals surface area contributed by atoms with E-state index in [1.807, 2.05) is 38.1 Å². The quantitative estimate of drug-likeness (QED) is 0.133. The minimum atomic E-state index is -0.987. The minimum Gasteiger partial charge on any atom is -0.507 e. The summed E-state index contributed by atoms with van der Waals surface area (Å²) in [5.41, 5.74) is 2.10. The third kappa shape index (κ3) is 5.42.